The summed E-state index contributed by atoms with van der Waals surface area (Å²) in [5.41, 5.74) is 8.50. The van der Waals surface area contributed by atoms with E-state index in [2.05, 4.69) is 10.0 Å². The second kappa shape index (κ2) is 8.20. The summed E-state index contributed by atoms with van der Waals surface area (Å²) >= 11 is 0. The van der Waals surface area contributed by atoms with E-state index < -0.39 is 42.4 Å². The SMILES string of the molecule is CC(=O)OC[C@H]1O[C@@H](N=[N+]=[N-])C[C@@H](OC(C)=O)[C@@H]1OC(C)=O. The monoisotopic (exact) mass is 315 g/mol. The minimum atomic E-state index is -0.967. The maximum atomic E-state index is 11.2. The Morgan fingerprint density at radius 3 is 2.32 bits per heavy atom. The molecule has 1 heterocycles. The fourth-order valence-electron chi connectivity index (χ4n) is 2.04. The highest BCUT2D eigenvalue weighted by atomic mass is 16.6. The average molecular weight is 315 g/mol. The molecule has 22 heavy (non-hydrogen) atoms. The Labute approximate surface area is 126 Å². The predicted molar refractivity (Wildman–Crippen MR) is 70.2 cm³/mol. The van der Waals surface area contributed by atoms with Gasteiger partial charge < -0.3 is 18.9 Å². The number of azide groups is 1. The van der Waals surface area contributed by atoms with Crippen LogP contribution in [0.5, 0.6) is 0 Å². The molecule has 0 aromatic carbocycles. The number of esters is 3. The van der Waals surface area contributed by atoms with E-state index in [0.717, 1.165) is 0 Å². The molecule has 1 aliphatic rings. The van der Waals surface area contributed by atoms with Crippen LogP contribution in [0.4, 0.5) is 0 Å². The number of carbonyl (C=O) groups excluding carboxylic acids is 3. The van der Waals surface area contributed by atoms with Crippen LogP contribution in [0.1, 0.15) is 27.2 Å². The number of rotatable bonds is 5. The van der Waals surface area contributed by atoms with Crippen LogP contribution in [0.2, 0.25) is 0 Å². The summed E-state index contributed by atoms with van der Waals surface area (Å²) in [5.74, 6) is -1.75. The number of hydrogen-bond acceptors (Lipinski definition) is 8. The van der Waals surface area contributed by atoms with Crippen LogP contribution < -0.4 is 0 Å². The second-order valence-corrected chi connectivity index (χ2v) is 4.59. The molecule has 1 saturated heterocycles. The lowest BCUT2D eigenvalue weighted by Crippen LogP contribution is -2.53. The maximum Gasteiger partial charge on any atom is 0.303 e. The van der Waals surface area contributed by atoms with E-state index in [4.69, 9.17) is 24.5 Å². The first kappa shape index (κ1) is 17.7. The zero-order valence-electron chi connectivity index (χ0n) is 12.4. The highest BCUT2D eigenvalue weighted by Gasteiger charge is 2.43. The van der Waals surface area contributed by atoms with Gasteiger partial charge in [0.05, 0.1) is 0 Å². The van der Waals surface area contributed by atoms with Crippen LogP contribution in [0, 0.1) is 0 Å². The second-order valence-electron chi connectivity index (χ2n) is 4.59. The van der Waals surface area contributed by atoms with Crippen molar-refractivity contribution >= 4 is 17.9 Å². The third-order valence-corrected chi connectivity index (χ3v) is 2.75. The largest absolute Gasteiger partial charge is 0.463 e. The molecule has 0 N–H and O–H groups in total. The average Bonchev–Trinajstić information content (AvgIpc) is 2.38. The van der Waals surface area contributed by atoms with Gasteiger partial charge in [-0.1, -0.05) is 5.11 Å². The molecular weight excluding hydrogens is 298 g/mol. The summed E-state index contributed by atoms with van der Waals surface area (Å²) in [5, 5.41) is 3.42. The molecule has 0 radical (unpaired) electrons. The summed E-state index contributed by atoms with van der Waals surface area (Å²) in [6.07, 6.45) is -3.65. The molecule has 4 atom stereocenters. The molecule has 0 saturated carbocycles. The number of nitrogens with zero attached hydrogens (tertiary/aromatic N) is 3. The minimum Gasteiger partial charge on any atom is -0.463 e. The van der Waals surface area contributed by atoms with Gasteiger partial charge in [0.15, 0.2) is 6.10 Å². The van der Waals surface area contributed by atoms with Gasteiger partial charge in [-0.15, -0.1) is 0 Å². The van der Waals surface area contributed by atoms with Crippen LogP contribution >= 0.6 is 0 Å². The molecule has 10 nitrogen and oxygen atoms in total. The molecule has 0 amide bonds. The fourth-order valence-corrected chi connectivity index (χ4v) is 2.04. The van der Waals surface area contributed by atoms with Gasteiger partial charge in [-0.2, -0.15) is 0 Å². The number of ether oxygens (including phenoxy) is 4. The zero-order chi connectivity index (χ0) is 16.7. The smallest absolute Gasteiger partial charge is 0.303 e. The fraction of sp³-hybridized carbons (Fsp3) is 0.750. The van der Waals surface area contributed by atoms with Crippen molar-refractivity contribution in [1.29, 1.82) is 0 Å². The van der Waals surface area contributed by atoms with Crippen molar-refractivity contribution in [3.05, 3.63) is 10.4 Å². The van der Waals surface area contributed by atoms with Crippen LogP contribution in [0.25, 0.3) is 10.4 Å². The van der Waals surface area contributed by atoms with Crippen LogP contribution in [-0.2, 0) is 33.3 Å². The summed E-state index contributed by atoms with van der Waals surface area (Å²) in [6, 6.07) is 0. The van der Waals surface area contributed by atoms with E-state index in [0.29, 0.717) is 0 Å². The molecule has 0 aromatic heterocycles. The summed E-state index contributed by atoms with van der Waals surface area (Å²) < 4.78 is 20.5. The molecule has 0 bridgehead atoms. The molecule has 122 valence electrons. The summed E-state index contributed by atoms with van der Waals surface area (Å²) in [6.45, 7) is 3.36. The van der Waals surface area contributed by atoms with Crippen LogP contribution in [0.3, 0.4) is 0 Å². The summed E-state index contributed by atoms with van der Waals surface area (Å²) in [7, 11) is 0. The lowest BCUT2D eigenvalue weighted by molar-refractivity contribution is -0.214. The van der Waals surface area contributed by atoms with E-state index >= 15 is 0 Å². The van der Waals surface area contributed by atoms with Crippen LogP contribution in [0.15, 0.2) is 5.11 Å². The normalized spacial score (nSPS) is 27.2. The Morgan fingerprint density at radius 2 is 1.82 bits per heavy atom. The molecule has 10 heteroatoms. The first-order valence-electron chi connectivity index (χ1n) is 6.51. The van der Waals surface area contributed by atoms with Gasteiger partial charge in [-0.25, -0.2) is 0 Å². The predicted octanol–water partition coefficient (Wildman–Crippen LogP) is 0.838. The van der Waals surface area contributed by atoms with Crippen molar-refractivity contribution in [2.24, 2.45) is 5.11 Å². The van der Waals surface area contributed by atoms with Gasteiger partial charge in [-0.3, -0.25) is 14.4 Å². The third kappa shape index (κ3) is 5.58. The van der Waals surface area contributed by atoms with E-state index in [-0.39, 0.29) is 13.0 Å². The van der Waals surface area contributed by atoms with Crippen molar-refractivity contribution in [1.82, 2.24) is 0 Å². The first-order chi connectivity index (χ1) is 10.3. The van der Waals surface area contributed by atoms with Gasteiger partial charge in [0, 0.05) is 32.1 Å². The van der Waals surface area contributed by atoms with E-state index in [1.165, 1.54) is 20.8 Å². The molecule has 0 aromatic rings. The molecule has 1 fully saturated rings. The molecule has 1 aliphatic heterocycles. The Kier molecular flexibility index (Phi) is 6.61. The Morgan fingerprint density at radius 1 is 1.18 bits per heavy atom. The van der Waals surface area contributed by atoms with Gasteiger partial charge in [-0.05, 0) is 5.53 Å². The van der Waals surface area contributed by atoms with Crippen molar-refractivity contribution in [2.75, 3.05) is 6.61 Å². The van der Waals surface area contributed by atoms with Crippen molar-refractivity contribution < 1.29 is 33.3 Å². The number of carbonyl (C=O) groups is 3. The number of hydrogen-bond donors (Lipinski definition) is 0. The zero-order valence-corrected chi connectivity index (χ0v) is 12.4. The third-order valence-electron chi connectivity index (χ3n) is 2.75. The van der Waals surface area contributed by atoms with E-state index in [1.54, 1.807) is 0 Å². The standard InChI is InChI=1S/C12H17N3O7/c1-6(16)19-5-10-12(21-8(3)18)9(20-7(2)17)4-11(22-10)14-15-13/h9-12H,4-5H2,1-3H3/t9-,10-,11-,12+/m1/s1. The molecular formula is C12H17N3O7. The topological polar surface area (TPSA) is 137 Å². The van der Waals surface area contributed by atoms with Crippen LogP contribution in [-0.4, -0.2) is 49.1 Å². The Balaban J connectivity index is 2.96. The Hall–Kier alpha value is -2.32. The Bertz CT molecular complexity index is 489. The highest BCUT2D eigenvalue weighted by molar-refractivity contribution is 5.67. The van der Waals surface area contributed by atoms with Crippen molar-refractivity contribution in [3.63, 3.8) is 0 Å². The minimum absolute atomic E-state index is 0.0260. The van der Waals surface area contributed by atoms with Gasteiger partial charge in [0.2, 0.25) is 0 Å². The highest BCUT2D eigenvalue weighted by Crippen LogP contribution is 2.27. The van der Waals surface area contributed by atoms with Crippen molar-refractivity contribution in [3.8, 4) is 0 Å². The maximum absolute atomic E-state index is 11.2. The molecule has 1 rings (SSSR count). The van der Waals surface area contributed by atoms with Crippen molar-refractivity contribution in [2.45, 2.75) is 51.7 Å². The van der Waals surface area contributed by atoms with E-state index in [1.807, 2.05) is 0 Å². The van der Waals surface area contributed by atoms with Gasteiger partial charge in [0.25, 0.3) is 0 Å². The van der Waals surface area contributed by atoms with E-state index in [9.17, 15) is 14.4 Å². The lowest BCUT2D eigenvalue weighted by atomic mass is 10.0. The van der Waals surface area contributed by atoms with Gasteiger partial charge in [0.1, 0.15) is 25.0 Å². The summed E-state index contributed by atoms with van der Waals surface area (Å²) in [4.78, 5) is 36.0. The molecule has 0 unspecified atom stereocenters. The molecule has 0 aliphatic carbocycles. The quantitative estimate of drug-likeness (QED) is 0.241. The van der Waals surface area contributed by atoms with Gasteiger partial charge >= 0.3 is 17.9 Å². The molecule has 0 spiro atoms. The lowest BCUT2D eigenvalue weighted by Gasteiger charge is -2.38. The first-order valence-corrected chi connectivity index (χ1v) is 6.51.